The number of carbonyl (C=O) groups excluding carboxylic acids is 1. The topological polar surface area (TPSA) is 99.5 Å². The van der Waals surface area contributed by atoms with Gasteiger partial charge in [-0.25, -0.2) is 4.39 Å². The van der Waals surface area contributed by atoms with Crippen LogP contribution in [0.25, 0.3) is 5.52 Å². The standard InChI is InChI=1S/C8H6N2O2.C7H5F4N.C7H15NS.CH4O/c11-5-6-3-7-4-8(12)1-2-10(7)9-6;8-5-1-2-6(12-4-5)3-7(9,10)11;1-7(8-2)3-5-9-6-4-7;1-2/h1-5,9H;1-2,4H,3H2;8H,3-6H2,1-2H3;2H,1H3. The lowest BCUT2D eigenvalue weighted by Crippen LogP contribution is -2.42. The summed E-state index contributed by atoms with van der Waals surface area (Å²) in [5, 5.41) is 13.1. The van der Waals surface area contributed by atoms with Crippen LogP contribution in [0.3, 0.4) is 0 Å². The summed E-state index contributed by atoms with van der Waals surface area (Å²) in [5.74, 6) is 2.02. The highest BCUT2D eigenvalue weighted by molar-refractivity contribution is 7.99. The molecule has 3 aromatic rings. The van der Waals surface area contributed by atoms with Crippen molar-refractivity contribution in [2.45, 2.75) is 37.9 Å². The minimum atomic E-state index is -4.29. The zero-order valence-corrected chi connectivity index (χ0v) is 20.5. The molecule has 12 heteroatoms. The molecule has 4 rings (SSSR count). The third-order valence-electron chi connectivity index (χ3n) is 5.01. The number of hydrogen-bond acceptors (Lipinski definition) is 6. The Labute approximate surface area is 204 Å². The van der Waals surface area contributed by atoms with Crippen LogP contribution in [0.2, 0.25) is 0 Å². The largest absolute Gasteiger partial charge is 0.400 e. The Bertz CT molecular complexity index is 1080. The number of aromatic amines is 1. The highest BCUT2D eigenvalue weighted by atomic mass is 32.2. The van der Waals surface area contributed by atoms with Gasteiger partial charge >= 0.3 is 6.18 Å². The van der Waals surface area contributed by atoms with Gasteiger partial charge in [-0.2, -0.15) is 24.9 Å². The first kappa shape index (κ1) is 30.3. The molecule has 3 N–H and O–H groups in total. The minimum absolute atomic E-state index is 0.0635. The van der Waals surface area contributed by atoms with Gasteiger partial charge in [-0.05, 0) is 56.5 Å². The molecule has 0 radical (unpaired) electrons. The van der Waals surface area contributed by atoms with Crippen molar-refractivity contribution in [2.24, 2.45) is 0 Å². The number of pyridine rings is 2. The Morgan fingerprint density at radius 3 is 2.37 bits per heavy atom. The number of rotatable bonds is 3. The maximum atomic E-state index is 12.2. The van der Waals surface area contributed by atoms with E-state index in [-0.39, 0.29) is 11.1 Å². The number of nitrogens with zero attached hydrogens (tertiary/aromatic N) is 2. The molecule has 1 saturated heterocycles. The van der Waals surface area contributed by atoms with Crippen molar-refractivity contribution in [1.29, 1.82) is 0 Å². The van der Waals surface area contributed by atoms with E-state index < -0.39 is 18.4 Å². The molecule has 1 fully saturated rings. The number of alkyl halides is 3. The molecule has 0 unspecified atom stereocenters. The second-order valence-electron chi connectivity index (χ2n) is 7.67. The molecule has 194 valence electrons. The van der Waals surface area contributed by atoms with E-state index in [0.29, 0.717) is 23.0 Å². The quantitative estimate of drug-likeness (QED) is 0.360. The third kappa shape index (κ3) is 11.5. The molecular formula is C23H30F4N4O3S. The average molecular weight is 519 g/mol. The first-order valence-electron chi connectivity index (χ1n) is 10.6. The maximum Gasteiger partial charge on any atom is 0.394 e. The molecule has 3 aromatic heterocycles. The summed E-state index contributed by atoms with van der Waals surface area (Å²) in [4.78, 5) is 24.5. The predicted molar refractivity (Wildman–Crippen MR) is 130 cm³/mol. The summed E-state index contributed by atoms with van der Waals surface area (Å²) in [6.07, 6.45) is 0.309. The van der Waals surface area contributed by atoms with Gasteiger partial charge < -0.3 is 10.4 Å². The highest BCUT2D eigenvalue weighted by Gasteiger charge is 2.28. The Hall–Kier alpha value is -2.70. The number of fused-ring (bicyclic) bond motifs is 1. The van der Waals surface area contributed by atoms with Gasteiger partial charge in [0, 0.05) is 36.7 Å². The number of thioether (sulfide) groups is 1. The van der Waals surface area contributed by atoms with E-state index in [1.54, 1.807) is 16.8 Å². The highest BCUT2D eigenvalue weighted by Crippen LogP contribution is 2.25. The van der Waals surface area contributed by atoms with Gasteiger partial charge in [-0.1, -0.05) is 0 Å². The lowest BCUT2D eigenvalue weighted by molar-refractivity contribution is -0.127. The number of aldehydes is 1. The normalized spacial score (nSPS) is 14.4. The van der Waals surface area contributed by atoms with Crippen LogP contribution in [0.15, 0.2) is 47.5 Å². The summed E-state index contributed by atoms with van der Waals surface area (Å²) in [6, 6.07) is 6.48. The van der Waals surface area contributed by atoms with Gasteiger partial charge in [-0.15, -0.1) is 0 Å². The first-order chi connectivity index (χ1) is 16.5. The lowest BCUT2D eigenvalue weighted by Gasteiger charge is -2.32. The molecule has 0 aromatic carbocycles. The molecule has 0 bridgehead atoms. The Morgan fingerprint density at radius 2 is 1.89 bits per heavy atom. The van der Waals surface area contributed by atoms with Crippen molar-refractivity contribution in [2.75, 3.05) is 25.7 Å². The summed E-state index contributed by atoms with van der Waals surface area (Å²) in [6.45, 7) is 2.31. The van der Waals surface area contributed by atoms with E-state index in [1.807, 2.05) is 0 Å². The minimum Gasteiger partial charge on any atom is -0.400 e. The number of H-pyrrole nitrogens is 1. The molecule has 0 saturated carbocycles. The molecule has 7 nitrogen and oxygen atoms in total. The second kappa shape index (κ2) is 14.6. The molecule has 0 aliphatic carbocycles. The number of aliphatic hydroxyl groups excluding tert-OH is 1. The van der Waals surface area contributed by atoms with Crippen LogP contribution in [0, 0.1) is 5.82 Å². The van der Waals surface area contributed by atoms with Crippen LogP contribution in [-0.2, 0) is 6.42 Å². The SMILES string of the molecule is CNC1(C)CCSCC1.CO.Fc1ccc(CC(F)(F)F)nc1.O=Cc1cc2cc(=O)ccn2[nH]1. The van der Waals surface area contributed by atoms with E-state index in [1.165, 1.54) is 36.5 Å². The van der Waals surface area contributed by atoms with Crippen molar-refractivity contribution in [3.63, 3.8) is 0 Å². The van der Waals surface area contributed by atoms with Crippen LogP contribution < -0.4 is 10.7 Å². The fourth-order valence-electron chi connectivity index (χ4n) is 2.89. The number of hydrogen-bond donors (Lipinski definition) is 3. The molecule has 0 amide bonds. The van der Waals surface area contributed by atoms with Gasteiger partial charge in [0.1, 0.15) is 5.82 Å². The monoisotopic (exact) mass is 518 g/mol. The molecule has 1 aliphatic rings. The molecule has 0 atom stereocenters. The smallest absolute Gasteiger partial charge is 0.394 e. The van der Waals surface area contributed by atoms with Crippen LogP contribution in [0.1, 0.15) is 35.9 Å². The molecular weight excluding hydrogens is 488 g/mol. The van der Waals surface area contributed by atoms with Crippen LogP contribution in [0.5, 0.6) is 0 Å². The van der Waals surface area contributed by atoms with Gasteiger partial charge in [0.05, 0.1) is 23.8 Å². The summed E-state index contributed by atoms with van der Waals surface area (Å²) in [7, 11) is 3.07. The Balaban J connectivity index is 0.000000256. The van der Waals surface area contributed by atoms with E-state index >= 15 is 0 Å². The average Bonchev–Trinajstić information content (AvgIpc) is 3.25. The molecule has 35 heavy (non-hydrogen) atoms. The number of carbonyl (C=O) groups is 1. The maximum absolute atomic E-state index is 12.2. The molecule has 1 aliphatic heterocycles. The van der Waals surface area contributed by atoms with E-state index in [4.69, 9.17) is 5.11 Å². The lowest BCUT2D eigenvalue weighted by atomic mass is 9.95. The van der Waals surface area contributed by atoms with Crippen molar-refractivity contribution < 1.29 is 27.5 Å². The van der Waals surface area contributed by atoms with E-state index in [0.717, 1.165) is 25.4 Å². The fourth-order valence-corrected chi connectivity index (χ4v) is 4.28. The molecule has 0 spiro atoms. The zero-order chi connectivity index (χ0) is 26.5. The zero-order valence-electron chi connectivity index (χ0n) is 19.7. The van der Waals surface area contributed by atoms with Crippen LogP contribution in [0.4, 0.5) is 17.6 Å². The summed E-state index contributed by atoms with van der Waals surface area (Å²) in [5.41, 5.74) is 1.37. The second-order valence-corrected chi connectivity index (χ2v) is 8.89. The van der Waals surface area contributed by atoms with Gasteiger partial charge in [-0.3, -0.25) is 24.2 Å². The van der Waals surface area contributed by atoms with Gasteiger partial charge in [0.25, 0.3) is 0 Å². The number of nitrogens with one attached hydrogen (secondary N) is 2. The van der Waals surface area contributed by atoms with Crippen molar-refractivity contribution in [3.8, 4) is 0 Å². The molecule has 4 heterocycles. The summed E-state index contributed by atoms with van der Waals surface area (Å²) < 4.78 is 48.9. The van der Waals surface area contributed by atoms with E-state index in [2.05, 4.69) is 41.1 Å². The Kier molecular flexibility index (Phi) is 12.7. The van der Waals surface area contributed by atoms with Gasteiger partial charge in [0.2, 0.25) is 0 Å². The Morgan fingerprint density at radius 1 is 1.23 bits per heavy atom. The third-order valence-corrected chi connectivity index (χ3v) is 5.99. The van der Waals surface area contributed by atoms with Crippen molar-refractivity contribution in [1.82, 2.24) is 19.9 Å². The van der Waals surface area contributed by atoms with Crippen molar-refractivity contribution in [3.05, 3.63) is 70.2 Å². The fraction of sp³-hybridized carbons (Fsp3) is 0.435. The first-order valence-corrected chi connectivity index (χ1v) is 11.7. The van der Waals surface area contributed by atoms with Crippen molar-refractivity contribution >= 4 is 23.6 Å². The number of aromatic nitrogens is 3. The summed E-state index contributed by atoms with van der Waals surface area (Å²) >= 11 is 2.07. The predicted octanol–water partition coefficient (Wildman–Crippen LogP) is 3.87. The number of aliphatic hydroxyl groups is 1. The van der Waals surface area contributed by atoms with Gasteiger partial charge in [0.15, 0.2) is 11.7 Å². The van der Waals surface area contributed by atoms with E-state index in [9.17, 15) is 27.2 Å². The van der Waals surface area contributed by atoms with Crippen LogP contribution >= 0.6 is 11.8 Å². The number of halogens is 4. The van der Waals surface area contributed by atoms with Crippen LogP contribution in [-0.4, -0.2) is 63.4 Å².